The number of anilines is 1. The molecule has 0 aliphatic carbocycles. The Kier molecular flexibility index (Phi) is 7.84. The largest absolute Gasteiger partial charge is 0.366 e. The molecule has 5 rings (SSSR count). The predicted molar refractivity (Wildman–Crippen MR) is 148 cm³/mol. The van der Waals surface area contributed by atoms with Gasteiger partial charge in [0.15, 0.2) is 0 Å². The number of halogens is 2. The highest BCUT2D eigenvalue weighted by atomic mass is 35.5. The maximum atomic E-state index is 13.5. The van der Waals surface area contributed by atoms with E-state index in [1.165, 1.54) is 0 Å². The van der Waals surface area contributed by atoms with Crippen LogP contribution in [0.4, 0.5) is 5.69 Å². The molecule has 1 aromatic heterocycles. The average Bonchev–Trinajstić information content (AvgIpc) is 2.92. The summed E-state index contributed by atoms with van der Waals surface area (Å²) in [4.78, 5) is 30.3. The molecular formula is C28H25Cl2N5O2. The standard InChI is InChI=1S/C28H22Cl2N4O2.H3N/c29-23-11-10-20(16-24(23)30)27(35)33-14-12-32(13-15-33)26-21-8-4-5-9-25(21)34(28(36)22(26)17-31)18-19-6-2-1-3-7-19;/h1-11,16H,12-15,18H2;1H3. The molecule has 0 radical (unpaired) electrons. The summed E-state index contributed by atoms with van der Waals surface area (Å²) >= 11 is 12.1. The summed E-state index contributed by atoms with van der Waals surface area (Å²) in [6.07, 6.45) is 0. The molecule has 9 heteroatoms. The maximum absolute atomic E-state index is 13.5. The second kappa shape index (κ2) is 11.1. The van der Waals surface area contributed by atoms with Crippen LogP contribution in [-0.2, 0) is 6.54 Å². The number of amides is 1. The summed E-state index contributed by atoms with van der Waals surface area (Å²) < 4.78 is 1.66. The third-order valence-electron chi connectivity index (χ3n) is 6.49. The van der Waals surface area contributed by atoms with Crippen molar-refractivity contribution in [2.24, 2.45) is 0 Å². The molecule has 0 spiro atoms. The topological polar surface area (TPSA) is 104 Å². The summed E-state index contributed by atoms with van der Waals surface area (Å²) in [5, 5.41) is 11.6. The first-order valence-electron chi connectivity index (χ1n) is 11.6. The van der Waals surface area contributed by atoms with Crippen LogP contribution >= 0.6 is 23.2 Å². The van der Waals surface area contributed by atoms with E-state index >= 15 is 0 Å². The molecular weight excluding hydrogens is 509 g/mol. The van der Waals surface area contributed by atoms with E-state index in [9.17, 15) is 14.9 Å². The number of piperazine rings is 1. The van der Waals surface area contributed by atoms with Gasteiger partial charge in [0.2, 0.25) is 0 Å². The first-order valence-corrected chi connectivity index (χ1v) is 12.3. The van der Waals surface area contributed by atoms with Crippen LogP contribution in [-0.4, -0.2) is 41.6 Å². The van der Waals surface area contributed by atoms with Gasteiger partial charge in [-0.15, -0.1) is 0 Å². The SMILES string of the molecule is N.N#Cc1c(N2CCN(C(=O)c3ccc(Cl)c(Cl)c3)CC2)c2ccccc2n(Cc2ccccc2)c1=O. The average molecular weight is 534 g/mol. The van der Waals surface area contributed by atoms with Gasteiger partial charge >= 0.3 is 0 Å². The van der Waals surface area contributed by atoms with Crippen molar-refractivity contribution >= 4 is 45.7 Å². The van der Waals surface area contributed by atoms with Gasteiger partial charge in [0, 0.05) is 37.1 Å². The van der Waals surface area contributed by atoms with E-state index in [1.807, 2.05) is 59.5 Å². The zero-order chi connectivity index (χ0) is 25.2. The van der Waals surface area contributed by atoms with Crippen molar-refractivity contribution in [3.8, 4) is 6.07 Å². The summed E-state index contributed by atoms with van der Waals surface area (Å²) in [7, 11) is 0. The number of rotatable bonds is 4. The number of nitriles is 1. The number of hydrogen-bond donors (Lipinski definition) is 1. The lowest BCUT2D eigenvalue weighted by Crippen LogP contribution is -2.49. The van der Waals surface area contributed by atoms with Crippen LogP contribution in [0.5, 0.6) is 0 Å². The van der Waals surface area contributed by atoms with E-state index in [1.54, 1.807) is 27.7 Å². The Morgan fingerprint density at radius 1 is 0.892 bits per heavy atom. The molecule has 3 aromatic carbocycles. The minimum atomic E-state index is -0.315. The quantitative estimate of drug-likeness (QED) is 0.380. The van der Waals surface area contributed by atoms with Crippen LogP contribution in [0.3, 0.4) is 0 Å². The van der Waals surface area contributed by atoms with E-state index in [4.69, 9.17) is 23.2 Å². The van der Waals surface area contributed by atoms with Crippen LogP contribution < -0.4 is 16.6 Å². The van der Waals surface area contributed by atoms with Gasteiger partial charge in [-0.3, -0.25) is 9.59 Å². The Balaban J connectivity index is 0.00000320. The molecule has 0 atom stereocenters. The summed E-state index contributed by atoms with van der Waals surface area (Å²) in [5.74, 6) is -0.128. The molecule has 1 aliphatic heterocycles. The fourth-order valence-corrected chi connectivity index (χ4v) is 4.98. The van der Waals surface area contributed by atoms with E-state index < -0.39 is 0 Å². The lowest BCUT2D eigenvalue weighted by molar-refractivity contribution is 0.0747. The number of hydrogen-bond acceptors (Lipinski definition) is 5. The first-order chi connectivity index (χ1) is 17.5. The molecule has 1 aliphatic rings. The van der Waals surface area contributed by atoms with Crippen LogP contribution in [0.15, 0.2) is 77.6 Å². The van der Waals surface area contributed by atoms with E-state index in [0.29, 0.717) is 54.0 Å². The third kappa shape index (κ3) is 5.05. The van der Waals surface area contributed by atoms with Gasteiger partial charge in [0.05, 0.1) is 27.8 Å². The van der Waals surface area contributed by atoms with Crippen LogP contribution in [0, 0.1) is 11.3 Å². The zero-order valence-electron chi connectivity index (χ0n) is 20.0. The Morgan fingerprint density at radius 3 is 2.24 bits per heavy atom. The van der Waals surface area contributed by atoms with Crippen molar-refractivity contribution in [3.05, 3.63) is 110 Å². The molecule has 1 saturated heterocycles. The number of carbonyl (C=O) groups excluding carboxylic acids is 1. The number of para-hydroxylation sites is 1. The second-order valence-electron chi connectivity index (χ2n) is 8.64. The normalized spacial score (nSPS) is 13.2. The molecule has 2 heterocycles. The van der Waals surface area contributed by atoms with Crippen molar-refractivity contribution in [3.63, 3.8) is 0 Å². The molecule has 1 amide bonds. The van der Waals surface area contributed by atoms with E-state index in [2.05, 4.69) is 6.07 Å². The number of nitrogens with zero attached hydrogens (tertiary/aromatic N) is 4. The van der Waals surface area contributed by atoms with Crippen molar-refractivity contribution < 1.29 is 4.79 Å². The van der Waals surface area contributed by atoms with Crippen molar-refractivity contribution in [2.75, 3.05) is 31.1 Å². The third-order valence-corrected chi connectivity index (χ3v) is 7.23. The molecule has 3 N–H and O–H groups in total. The lowest BCUT2D eigenvalue weighted by Gasteiger charge is -2.37. The Morgan fingerprint density at radius 2 is 1.57 bits per heavy atom. The molecule has 7 nitrogen and oxygen atoms in total. The highest BCUT2D eigenvalue weighted by Gasteiger charge is 2.27. The molecule has 37 heavy (non-hydrogen) atoms. The van der Waals surface area contributed by atoms with Crippen molar-refractivity contribution in [1.82, 2.24) is 15.6 Å². The minimum absolute atomic E-state index is 0. The molecule has 0 saturated carbocycles. The number of pyridine rings is 1. The van der Waals surface area contributed by atoms with Crippen LogP contribution in [0.2, 0.25) is 10.0 Å². The highest BCUT2D eigenvalue weighted by Crippen LogP contribution is 2.30. The maximum Gasteiger partial charge on any atom is 0.271 e. The monoisotopic (exact) mass is 533 g/mol. The first kappa shape index (κ1) is 26.2. The summed E-state index contributed by atoms with van der Waals surface area (Å²) in [5.41, 5.74) is 2.66. The minimum Gasteiger partial charge on any atom is -0.366 e. The van der Waals surface area contributed by atoms with Gasteiger partial charge in [-0.1, -0.05) is 71.7 Å². The van der Waals surface area contributed by atoms with E-state index in [-0.39, 0.29) is 23.2 Å². The fraction of sp³-hybridized carbons (Fsp3) is 0.179. The van der Waals surface area contributed by atoms with Gasteiger partial charge in [0.1, 0.15) is 11.6 Å². The van der Waals surface area contributed by atoms with Gasteiger partial charge in [-0.2, -0.15) is 5.26 Å². The molecule has 0 unspecified atom stereocenters. The Hall–Kier alpha value is -3.83. The zero-order valence-corrected chi connectivity index (χ0v) is 21.5. The highest BCUT2D eigenvalue weighted by molar-refractivity contribution is 6.42. The van der Waals surface area contributed by atoms with Crippen LogP contribution in [0.25, 0.3) is 10.9 Å². The summed E-state index contributed by atoms with van der Waals surface area (Å²) in [6.45, 7) is 2.26. The van der Waals surface area contributed by atoms with E-state index in [0.717, 1.165) is 16.5 Å². The molecule has 0 bridgehead atoms. The van der Waals surface area contributed by atoms with Gasteiger partial charge in [-0.05, 0) is 29.8 Å². The Bertz CT molecular complexity index is 1560. The van der Waals surface area contributed by atoms with Gasteiger partial charge in [-0.25, -0.2) is 0 Å². The Labute approximate surface area is 224 Å². The van der Waals surface area contributed by atoms with Gasteiger partial charge < -0.3 is 20.5 Å². The molecule has 188 valence electrons. The molecule has 4 aromatic rings. The smallest absolute Gasteiger partial charge is 0.271 e. The number of carbonyl (C=O) groups is 1. The van der Waals surface area contributed by atoms with Gasteiger partial charge in [0.25, 0.3) is 11.5 Å². The van der Waals surface area contributed by atoms with Crippen LogP contribution in [0.1, 0.15) is 21.5 Å². The molecule has 1 fully saturated rings. The predicted octanol–water partition coefficient (Wildman–Crippen LogP) is 5.35. The summed E-state index contributed by atoms with van der Waals surface area (Å²) in [6, 6.07) is 24.4. The number of benzene rings is 3. The number of fused-ring (bicyclic) bond motifs is 1. The fourth-order valence-electron chi connectivity index (χ4n) is 4.69. The lowest BCUT2D eigenvalue weighted by atomic mass is 10.1. The van der Waals surface area contributed by atoms with Crippen molar-refractivity contribution in [2.45, 2.75) is 6.54 Å². The number of aromatic nitrogens is 1. The van der Waals surface area contributed by atoms with Crippen molar-refractivity contribution in [1.29, 1.82) is 5.26 Å². The second-order valence-corrected chi connectivity index (χ2v) is 9.45.